The molecule has 0 aromatic carbocycles. The van der Waals surface area contributed by atoms with Crippen LogP contribution in [0.1, 0.15) is 19.8 Å². The first-order valence-electron chi connectivity index (χ1n) is 6.00. The Morgan fingerprint density at radius 1 is 1.33 bits per heavy atom. The van der Waals surface area contributed by atoms with E-state index in [-0.39, 0.29) is 6.10 Å². The van der Waals surface area contributed by atoms with Crippen molar-refractivity contribution in [3.05, 3.63) is 0 Å². The van der Waals surface area contributed by atoms with Crippen molar-refractivity contribution < 1.29 is 9.84 Å². The molecule has 2 saturated heterocycles. The van der Waals surface area contributed by atoms with Crippen LogP contribution in [0, 0.1) is 0 Å². The molecular formula is C11H22N2O2. The number of piperidine rings is 1. The Morgan fingerprint density at radius 3 is 2.73 bits per heavy atom. The number of hydrogen-bond donors (Lipinski definition) is 2. The van der Waals surface area contributed by atoms with Crippen LogP contribution in [0.3, 0.4) is 0 Å². The third-order valence-electron chi connectivity index (χ3n) is 3.25. The number of hydrogen-bond acceptors (Lipinski definition) is 4. The van der Waals surface area contributed by atoms with Gasteiger partial charge in [0.05, 0.1) is 18.3 Å². The van der Waals surface area contributed by atoms with Gasteiger partial charge in [0.25, 0.3) is 0 Å². The molecule has 15 heavy (non-hydrogen) atoms. The Hall–Kier alpha value is -0.160. The lowest BCUT2D eigenvalue weighted by Crippen LogP contribution is -2.50. The Morgan fingerprint density at radius 2 is 2.07 bits per heavy atom. The lowest BCUT2D eigenvalue weighted by atomic mass is 10.1. The maximum absolute atomic E-state index is 9.40. The van der Waals surface area contributed by atoms with Crippen LogP contribution in [0.5, 0.6) is 0 Å². The van der Waals surface area contributed by atoms with Crippen molar-refractivity contribution in [1.82, 2.24) is 10.2 Å². The number of nitrogens with one attached hydrogen (secondary N) is 1. The molecule has 0 unspecified atom stereocenters. The summed E-state index contributed by atoms with van der Waals surface area (Å²) in [6.07, 6.45) is 2.40. The van der Waals surface area contributed by atoms with Gasteiger partial charge in [-0.15, -0.1) is 0 Å². The van der Waals surface area contributed by atoms with Gasteiger partial charge in [0.1, 0.15) is 0 Å². The van der Waals surface area contributed by atoms with Crippen molar-refractivity contribution in [3.8, 4) is 0 Å². The summed E-state index contributed by atoms with van der Waals surface area (Å²) in [5.74, 6) is 0. The molecule has 2 aliphatic heterocycles. The van der Waals surface area contributed by atoms with E-state index in [2.05, 4.69) is 17.1 Å². The molecule has 4 heteroatoms. The lowest BCUT2D eigenvalue weighted by molar-refractivity contribution is -0.0489. The molecular weight excluding hydrogens is 192 g/mol. The lowest BCUT2D eigenvalue weighted by Gasteiger charge is -2.35. The second-order valence-corrected chi connectivity index (χ2v) is 4.76. The fourth-order valence-corrected chi connectivity index (χ4v) is 2.37. The summed E-state index contributed by atoms with van der Waals surface area (Å²) in [6, 6.07) is 0. The summed E-state index contributed by atoms with van der Waals surface area (Å²) in [4.78, 5) is 2.40. The Labute approximate surface area is 91.6 Å². The zero-order valence-corrected chi connectivity index (χ0v) is 9.48. The summed E-state index contributed by atoms with van der Waals surface area (Å²) >= 11 is 0. The Bertz CT molecular complexity index is 193. The van der Waals surface area contributed by atoms with Crippen molar-refractivity contribution in [1.29, 1.82) is 0 Å². The Kier molecular flexibility index (Phi) is 3.97. The number of ether oxygens (including phenoxy) is 1. The second-order valence-electron chi connectivity index (χ2n) is 4.76. The van der Waals surface area contributed by atoms with Gasteiger partial charge < -0.3 is 20.1 Å². The highest BCUT2D eigenvalue weighted by Crippen LogP contribution is 2.12. The van der Waals surface area contributed by atoms with E-state index in [9.17, 15) is 5.11 Å². The third-order valence-corrected chi connectivity index (χ3v) is 3.25. The predicted molar refractivity (Wildman–Crippen MR) is 58.9 cm³/mol. The standard InChI is InChI=1S/C11H22N2O2/c1-9-6-12-7-11(15-9)8-13-4-2-10(14)3-5-13/h9-12,14H,2-8H2,1H3/t9-,11+/m1/s1. The molecule has 0 aromatic heterocycles. The maximum Gasteiger partial charge on any atom is 0.0830 e. The highest BCUT2D eigenvalue weighted by molar-refractivity contribution is 4.78. The van der Waals surface area contributed by atoms with Crippen molar-refractivity contribution >= 4 is 0 Å². The van der Waals surface area contributed by atoms with Crippen LogP contribution in [0.15, 0.2) is 0 Å². The smallest absolute Gasteiger partial charge is 0.0830 e. The number of aliphatic hydroxyl groups is 1. The van der Waals surface area contributed by atoms with Crippen LogP contribution in [-0.4, -0.2) is 61.0 Å². The molecule has 0 radical (unpaired) electrons. The maximum atomic E-state index is 9.40. The summed E-state index contributed by atoms with van der Waals surface area (Å²) in [5, 5.41) is 12.8. The first kappa shape index (κ1) is 11.3. The zero-order valence-electron chi connectivity index (χ0n) is 9.48. The van der Waals surface area contributed by atoms with Gasteiger partial charge in [0.2, 0.25) is 0 Å². The average Bonchev–Trinajstić information content (AvgIpc) is 2.22. The molecule has 0 amide bonds. The Balaban J connectivity index is 1.71. The normalized spacial score (nSPS) is 35.6. The van der Waals surface area contributed by atoms with Gasteiger partial charge in [0.15, 0.2) is 0 Å². The molecule has 0 bridgehead atoms. The van der Waals surface area contributed by atoms with Crippen molar-refractivity contribution in [2.45, 2.75) is 38.1 Å². The molecule has 2 fully saturated rings. The van der Waals surface area contributed by atoms with Gasteiger partial charge >= 0.3 is 0 Å². The minimum atomic E-state index is -0.0782. The van der Waals surface area contributed by atoms with Gasteiger partial charge in [0, 0.05) is 32.7 Å². The number of aliphatic hydroxyl groups excluding tert-OH is 1. The van der Waals surface area contributed by atoms with E-state index in [1.165, 1.54) is 0 Å². The molecule has 2 aliphatic rings. The van der Waals surface area contributed by atoms with Crippen LogP contribution in [0.25, 0.3) is 0 Å². The summed E-state index contributed by atoms with van der Waals surface area (Å²) in [7, 11) is 0. The van der Waals surface area contributed by atoms with Crippen LogP contribution < -0.4 is 5.32 Å². The molecule has 0 aliphatic carbocycles. The molecule has 4 nitrogen and oxygen atoms in total. The molecule has 2 N–H and O–H groups in total. The topological polar surface area (TPSA) is 44.7 Å². The van der Waals surface area contributed by atoms with E-state index in [1.807, 2.05) is 0 Å². The van der Waals surface area contributed by atoms with E-state index in [4.69, 9.17) is 4.74 Å². The molecule has 2 heterocycles. The van der Waals surface area contributed by atoms with Crippen LogP contribution in [0.4, 0.5) is 0 Å². The molecule has 2 rings (SSSR count). The first-order valence-corrected chi connectivity index (χ1v) is 6.00. The average molecular weight is 214 g/mol. The van der Waals surface area contributed by atoms with Gasteiger partial charge in [-0.05, 0) is 19.8 Å². The molecule has 0 spiro atoms. The molecule has 0 aromatic rings. The van der Waals surface area contributed by atoms with Gasteiger partial charge in [-0.1, -0.05) is 0 Å². The summed E-state index contributed by atoms with van der Waals surface area (Å²) in [6.45, 7) is 7.06. The minimum Gasteiger partial charge on any atom is -0.393 e. The number of morpholine rings is 1. The summed E-state index contributed by atoms with van der Waals surface area (Å²) < 4.78 is 5.85. The highest BCUT2D eigenvalue weighted by Gasteiger charge is 2.23. The molecule has 0 saturated carbocycles. The van der Waals surface area contributed by atoms with Crippen LogP contribution >= 0.6 is 0 Å². The third kappa shape index (κ3) is 3.41. The van der Waals surface area contributed by atoms with Crippen molar-refractivity contribution in [3.63, 3.8) is 0 Å². The van der Waals surface area contributed by atoms with Gasteiger partial charge in [-0.2, -0.15) is 0 Å². The largest absolute Gasteiger partial charge is 0.393 e. The fraction of sp³-hybridized carbons (Fsp3) is 1.00. The predicted octanol–water partition coefficient (Wildman–Crippen LogP) is -0.180. The second kappa shape index (κ2) is 5.25. The summed E-state index contributed by atoms with van der Waals surface area (Å²) in [5.41, 5.74) is 0. The molecule has 2 atom stereocenters. The van der Waals surface area contributed by atoms with Crippen molar-refractivity contribution in [2.24, 2.45) is 0 Å². The monoisotopic (exact) mass is 214 g/mol. The minimum absolute atomic E-state index is 0.0782. The fourth-order valence-electron chi connectivity index (χ4n) is 2.37. The van der Waals surface area contributed by atoms with Crippen molar-refractivity contribution in [2.75, 3.05) is 32.7 Å². The van der Waals surface area contributed by atoms with E-state index >= 15 is 0 Å². The first-order chi connectivity index (χ1) is 7.24. The zero-order chi connectivity index (χ0) is 10.7. The van der Waals surface area contributed by atoms with Crippen LogP contribution in [-0.2, 0) is 4.74 Å². The van der Waals surface area contributed by atoms with E-state index < -0.39 is 0 Å². The van der Waals surface area contributed by atoms with E-state index in [0.717, 1.165) is 45.6 Å². The quantitative estimate of drug-likeness (QED) is 0.669. The number of likely N-dealkylation sites (tertiary alicyclic amines) is 1. The van der Waals surface area contributed by atoms with E-state index in [1.54, 1.807) is 0 Å². The van der Waals surface area contributed by atoms with Gasteiger partial charge in [-0.25, -0.2) is 0 Å². The highest BCUT2D eigenvalue weighted by atomic mass is 16.5. The van der Waals surface area contributed by atoms with Crippen LogP contribution in [0.2, 0.25) is 0 Å². The SMILES string of the molecule is C[C@@H]1CNC[C@@H](CN2CCC(O)CC2)O1. The van der Waals surface area contributed by atoms with E-state index in [0.29, 0.717) is 12.2 Å². The number of nitrogens with zero attached hydrogens (tertiary/aromatic N) is 1. The van der Waals surface area contributed by atoms with Gasteiger partial charge in [-0.3, -0.25) is 0 Å². The number of rotatable bonds is 2. The molecule has 88 valence electrons.